The van der Waals surface area contributed by atoms with E-state index >= 15 is 0 Å². The van der Waals surface area contributed by atoms with E-state index in [-0.39, 0.29) is 0 Å². The first-order valence-corrected chi connectivity index (χ1v) is 12.7. The molecule has 0 aliphatic rings. The topological polar surface area (TPSA) is 117 Å². The minimum Gasteiger partial charge on any atom is -0.475 e. The van der Waals surface area contributed by atoms with Crippen LogP contribution in [-0.4, -0.2) is 53.6 Å². The lowest BCUT2D eigenvalue weighted by molar-refractivity contribution is 0.308. The molecule has 1 N–H and O–H groups in total. The number of hydrogen-bond acceptors (Lipinski definition) is 8. The number of imidazole rings is 1. The summed E-state index contributed by atoms with van der Waals surface area (Å²) in [5.41, 5.74) is 5.61. The van der Waals surface area contributed by atoms with Crippen LogP contribution in [0.2, 0.25) is 0 Å². The number of nitrogens with one attached hydrogen (secondary N) is 1. The van der Waals surface area contributed by atoms with Crippen LogP contribution in [0.15, 0.2) is 48.5 Å². The molecule has 0 saturated heterocycles. The normalized spacial score (nSPS) is 11.2. The predicted octanol–water partition coefficient (Wildman–Crippen LogP) is 4.86. The lowest BCUT2D eigenvalue weighted by atomic mass is 9.95. The molecule has 0 aliphatic heterocycles. The maximum atomic E-state index is 5.91. The Morgan fingerprint density at radius 3 is 2.24 bits per heavy atom. The van der Waals surface area contributed by atoms with E-state index in [1.54, 1.807) is 0 Å². The van der Waals surface area contributed by atoms with Crippen molar-refractivity contribution in [1.29, 1.82) is 0 Å². The molecule has 5 rings (SSSR count). The van der Waals surface area contributed by atoms with Crippen LogP contribution in [-0.2, 0) is 13.0 Å². The average molecular weight is 499 g/mol. The standard InChI is InChI=1S/C27H30N8O2/c1-4-7-16-22-28-23-24(27(37-6-3)32-31-26(23)36-5-2)35(22)17-18-12-8-9-13-19(18)20-14-10-11-15-21(20)25-29-33-34-30-25/h8-15H,4-7,16-17H2,1-3H3,(H,29,30,33,34). The van der Waals surface area contributed by atoms with Gasteiger partial charge in [0.2, 0.25) is 5.82 Å². The summed E-state index contributed by atoms with van der Waals surface area (Å²) in [6.45, 7) is 7.57. The zero-order valence-electron chi connectivity index (χ0n) is 21.3. The zero-order chi connectivity index (χ0) is 25.6. The van der Waals surface area contributed by atoms with Crippen molar-refractivity contribution < 1.29 is 9.47 Å². The van der Waals surface area contributed by atoms with E-state index in [1.807, 2.05) is 38.1 Å². The number of fused-ring (bicyclic) bond motifs is 1. The summed E-state index contributed by atoms with van der Waals surface area (Å²) in [5, 5.41) is 23.4. The number of rotatable bonds is 11. The summed E-state index contributed by atoms with van der Waals surface area (Å²) in [6, 6.07) is 16.4. The number of aryl methyl sites for hydroxylation is 1. The van der Waals surface area contributed by atoms with E-state index in [0.29, 0.717) is 42.9 Å². The molecule has 10 nitrogen and oxygen atoms in total. The highest BCUT2D eigenvalue weighted by Gasteiger charge is 2.23. The summed E-state index contributed by atoms with van der Waals surface area (Å²) in [4.78, 5) is 4.99. The SMILES string of the molecule is CCCCc1nc2c(OCC)nnc(OCC)c2n1Cc1ccccc1-c1ccccc1-c1nn[nH]n1. The van der Waals surface area contributed by atoms with Gasteiger partial charge in [0, 0.05) is 12.0 Å². The third kappa shape index (κ3) is 4.87. The van der Waals surface area contributed by atoms with Crippen LogP contribution >= 0.6 is 0 Å². The summed E-state index contributed by atoms with van der Waals surface area (Å²) in [5.74, 6) is 2.39. The van der Waals surface area contributed by atoms with Gasteiger partial charge in [-0.05, 0) is 42.2 Å². The summed E-state index contributed by atoms with van der Waals surface area (Å²) >= 11 is 0. The number of aromatic nitrogens is 8. The van der Waals surface area contributed by atoms with Crippen LogP contribution < -0.4 is 9.47 Å². The number of ether oxygens (including phenoxy) is 2. The molecule has 0 unspecified atom stereocenters. The highest BCUT2D eigenvalue weighted by Crippen LogP contribution is 2.35. The Bertz CT molecular complexity index is 1480. The molecule has 0 aliphatic carbocycles. The molecule has 0 fully saturated rings. The van der Waals surface area contributed by atoms with Crippen LogP contribution in [0, 0.1) is 0 Å². The smallest absolute Gasteiger partial charge is 0.262 e. The highest BCUT2D eigenvalue weighted by molar-refractivity contribution is 5.86. The Kier molecular flexibility index (Phi) is 7.34. The molecule has 3 heterocycles. The number of hydrogen-bond donors (Lipinski definition) is 1. The largest absolute Gasteiger partial charge is 0.475 e. The molecule has 2 aromatic carbocycles. The summed E-state index contributed by atoms with van der Waals surface area (Å²) in [7, 11) is 0. The Morgan fingerprint density at radius 2 is 1.51 bits per heavy atom. The molecule has 0 atom stereocenters. The predicted molar refractivity (Wildman–Crippen MR) is 140 cm³/mol. The number of H-pyrrole nitrogens is 1. The van der Waals surface area contributed by atoms with E-state index in [9.17, 15) is 0 Å². The molecule has 0 saturated carbocycles. The van der Waals surface area contributed by atoms with Gasteiger partial charge >= 0.3 is 0 Å². The third-order valence-electron chi connectivity index (χ3n) is 6.15. The van der Waals surface area contributed by atoms with Crippen molar-refractivity contribution in [1.82, 2.24) is 40.4 Å². The van der Waals surface area contributed by atoms with E-state index in [1.165, 1.54) is 0 Å². The van der Waals surface area contributed by atoms with E-state index < -0.39 is 0 Å². The Labute approximate surface area is 215 Å². The van der Waals surface area contributed by atoms with Crippen molar-refractivity contribution in [2.45, 2.75) is 46.6 Å². The summed E-state index contributed by atoms with van der Waals surface area (Å²) in [6.07, 6.45) is 2.90. The monoisotopic (exact) mass is 498 g/mol. The van der Waals surface area contributed by atoms with Crippen molar-refractivity contribution in [2.24, 2.45) is 0 Å². The molecule has 0 spiro atoms. The molecule has 0 bridgehead atoms. The maximum absolute atomic E-state index is 5.91. The highest BCUT2D eigenvalue weighted by atomic mass is 16.5. The second kappa shape index (κ2) is 11.2. The van der Waals surface area contributed by atoms with Crippen molar-refractivity contribution in [3.8, 4) is 34.3 Å². The first-order valence-electron chi connectivity index (χ1n) is 12.7. The average Bonchev–Trinajstić information content (AvgIpc) is 3.59. The number of aromatic amines is 1. The van der Waals surface area contributed by atoms with Crippen molar-refractivity contribution in [2.75, 3.05) is 13.2 Å². The molecule has 10 heteroatoms. The Morgan fingerprint density at radius 1 is 0.811 bits per heavy atom. The van der Waals surface area contributed by atoms with Crippen LogP contribution in [0.4, 0.5) is 0 Å². The van der Waals surface area contributed by atoms with Crippen molar-refractivity contribution in [3.05, 3.63) is 59.9 Å². The van der Waals surface area contributed by atoms with Gasteiger partial charge in [-0.25, -0.2) is 4.98 Å². The fourth-order valence-corrected chi connectivity index (χ4v) is 4.49. The Hall–Kier alpha value is -4.34. The van der Waals surface area contributed by atoms with Gasteiger partial charge in [-0.1, -0.05) is 61.9 Å². The van der Waals surface area contributed by atoms with Gasteiger partial charge in [-0.2, -0.15) is 5.21 Å². The number of unbranched alkanes of at least 4 members (excludes halogenated alkanes) is 1. The van der Waals surface area contributed by atoms with Gasteiger partial charge < -0.3 is 14.0 Å². The zero-order valence-corrected chi connectivity index (χ0v) is 21.3. The number of benzene rings is 2. The third-order valence-corrected chi connectivity index (χ3v) is 6.15. The fourth-order valence-electron chi connectivity index (χ4n) is 4.49. The van der Waals surface area contributed by atoms with Crippen LogP contribution in [0.25, 0.3) is 33.5 Å². The van der Waals surface area contributed by atoms with Crippen molar-refractivity contribution in [3.63, 3.8) is 0 Å². The number of tetrazole rings is 1. The molecule has 0 radical (unpaired) electrons. The Balaban J connectivity index is 1.68. The van der Waals surface area contributed by atoms with E-state index in [4.69, 9.17) is 14.5 Å². The second-order valence-corrected chi connectivity index (χ2v) is 8.53. The van der Waals surface area contributed by atoms with Crippen LogP contribution in [0.3, 0.4) is 0 Å². The van der Waals surface area contributed by atoms with E-state index in [0.717, 1.165) is 52.9 Å². The van der Waals surface area contributed by atoms with Gasteiger partial charge in [0.25, 0.3) is 11.8 Å². The second-order valence-electron chi connectivity index (χ2n) is 8.53. The minimum absolute atomic E-state index is 0.424. The van der Waals surface area contributed by atoms with Crippen molar-refractivity contribution >= 4 is 11.0 Å². The molecule has 37 heavy (non-hydrogen) atoms. The lowest BCUT2D eigenvalue weighted by Gasteiger charge is -2.16. The van der Waals surface area contributed by atoms with Crippen LogP contribution in [0.1, 0.15) is 45.0 Å². The van der Waals surface area contributed by atoms with Gasteiger partial charge in [0.1, 0.15) is 11.3 Å². The quantitative estimate of drug-likeness (QED) is 0.274. The van der Waals surface area contributed by atoms with E-state index in [2.05, 4.69) is 66.6 Å². The maximum Gasteiger partial charge on any atom is 0.262 e. The number of nitrogens with zero attached hydrogens (tertiary/aromatic N) is 7. The van der Waals surface area contributed by atoms with Gasteiger partial charge in [0.05, 0.1) is 19.8 Å². The van der Waals surface area contributed by atoms with Gasteiger partial charge in [-0.3, -0.25) is 0 Å². The molecule has 190 valence electrons. The first kappa shape index (κ1) is 24.4. The molecule has 5 aromatic rings. The van der Waals surface area contributed by atoms with Gasteiger partial charge in [0.15, 0.2) is 5.52 Å². The summed E-state index contributed by atoms with van der Waals surface area (Å²) < 4.78 is 13.9. The first-order chi connectivity index (χ1) is 18.2. The lowest BCUT2D eigenvalue weighted by Crippen LogP contribution is -2.09. The molecule has 0 amide bonds. The fraction of sp³-hybridized carbons (Fsp3) is 0.333. The minimum atomic E-state index is 0.424. The van der Waals surface area contributed by atoms with Gasteiger partial charge in [-0.15, -0.1) is 20.4 Å². The molecular weight excluding hydrogens is 468 g/mol. The molecule has 3 aromatic heterocycles. The van der Waals surface area contributed by atoms with Crippen LogP contribution in [0.5, 0.6) is 11.8 Å². The molecular formula is C27H30N8O2.